The maximum Gasteiger partial charge on any atom is 0.238 e. The minimum Gasteiger partial charge on any atom is -0.340 e. The predicted molar refractivity (Wildman–Crippen MR) is 119 cm³/mol. The van der Waals surface area contributed by atoms with E-state index >= 15 is 0 Å². The summed E-state index contributed by atoms with van der Waals surface area (Å²) in [5.41, 5.74) is 2.67. The van der Waals surface area contributed by atoms with Crippen LogP contribution < -0.4 is 0 Å². The van der Waals surface area contributed by atoms with E-state index in [1.807, 2.05) is 44.3 Å². The Morgan fingerprint density at radius 1 is 1.17 bits per heavy atom. The second-order valence-electron chi connectivity index (χ2n) is 7.51. The number of carbonyl (C=O) groups is 1. The molecule has 1 aromatic carbocycles. The third kappa shape index (κ3) is 5.93. The van der Waals surface area contributed by atoms with E-state index in [1.165, 1.54) is 6.08 Å². The number of aryl methyl sites for hydroxylation is 2. The molecule has 0 spiro atoms. The molecule has 1 amide bonds. The van der Waals surface area contributed by atoms with Crippen molar-refractivity contribution in [3.63, 3.8) is 0 Å². The standard InChI is InChI=1S/C21H27ClN4O3S/c1-17-19(21(22)24(2)23-17)15-25-10-6-11-26(13-12-25)20(27)16-30(28,29)14-9-18-7-4-3-5-8-18/h3-5,7-9,14H,6,10-13,15-16H2,1-2H3/b14-9+. The van der Waals surface area contributed by atoms with Gasteiger partial charge in [-0.15, -0.1) is 0 Å². The summed E-state index contributed by atoms with van der Waals surface area (Å²) >= 11 is 6.34. The molecule has 1 saturated heterocycles. The number of hydrogen-bond donors (Lipinski definition) is 0. The highest BCUT2D eigenvalue weighted by Crippen LogP contribution is 2.21. The van der Waals surface area contributed by atoms with Gasteiger partial charge >= 0.3 is 0 Å². The lowest BCUT2D eigenvalue weighted by atomic mass is 10.2. The van der Waals surface area contributed by atoms with E-state index in [0.29, 0.717) is 31.3 Å². The highest BCUT2D eigenvalue weighted by Gasteiger charge is 2.24. The Kier molecular flexibility index (Phi) is 7.33. The Labute approximate surface area is 182 Å². The molecule has 0 radical (unpaired) electrons. The summed E-state index contributed by atoms with van der Waals surface area (Å²) in [6.07, 6.45) is 2.30. The van der Waals surface area contributed by atoms with Crippen LogP contribution in [-0.4, -0.2) is 65.8 Å². The zero-order valence-corrected chi connectivity index (χ0v) is 18.9. The summed E-state index contributed by atoms with van der Waals surface area (Å²) < 4.78 is 26.4. The van der Waals surface area contributed by atoms with Crippen LogP contribution in [0, 0.1) is 6.92 Å². The number of hydrogen-bond acceptors (Lipinski definition) is 5. The van der Waals surface area contributed by atoms with Crippen LogP contribution in [-0.2, 0) is 28.2 Å². The summed E-state index contributed by atoms with van der Waals surface area (Å²) in [5, 5.41) is 6.09. The quantitative estimate of drug-likeness (QED) is 0.675. The van der Waals surface area contributed by atoms with Crippen molar-refractivity contribution in [3.05, 3.63) is 57.7 Å². The van der Waals surface area contributed by atoms with Crippen molar-refractivity contribution in [2.75, 3.05) is 31.9 Å². The number of aromatic nitrogens is 2. The fourth-order valence-electron chi connectivity index (χ4n) is 3.51. The Morgan fingerprint density at radius 2 is 1.90 bits per heavy atom. The van der Waals surface area contributed by atoms with Gasteiger partial charge in [-0.2, -0.15) is 5.10 Å². The van der Waals surface area contributed by atoms with Gasteiger partial charge in [-0.1, -0.05) is 41.9 Å². The van der Waals surface area contributed by atoms with E-state index in [4.69, 9.17) is 11.6 Å². The van der Waals surface area contributed by atoms with Crippen LogP contribution in [0.3, 0.4) is 0 Å². The highest BCUT2D eigenvalue weighted by atomic mass is 35.5. The molecule has 3 rings (SSSR count). The fraction of sp³-hybridized carbons (Fsp3) is 0.429. The van der Waals surface area contributed by atoms with Crippen molar-refractivity contribution in [1.82, 2.24) is 19.6 Å². The Hall–Kier alpha value is -2.16. The van der Waals surface area contributed by atoms with Crippen LogP contribution in [0.4, 0.5) is 0 Å². The third-order valence-electron chi connectivity index (χ3n) is 5.18. The van der Waals surface area contributed by atoms with Crippen molar-refractivity contribution in [2.24, 2.45) is 7.05 Å². The van der Waals surface area contributed by atoms with Crippen LogP contribution in [0.1, 0.15) is 23.2 Å². The molecular formula is C21H27ClN4O3S. The van der Waals surface area contributed by atoms with Gasteiger partial charge in [0.25, 0.3) is 0 Å². The molecule has 7 nitrogen and oxygen atoms in total. The molecule has 0 saturated carbocycles. The van der Waals surface area contributed by atoms with E-state index in [2.05, 4.69) is 10.00 Å². The molecule has 1 aliphatic heterocycles. The van der Waals surface area contributed by atoms with Crippen LogP contribution >= 0.6 is 11.6 Å². The number of amides is 1. The highest BCUT2D eigenvalue weighted by molar-refractivity contribution is 7.95. The largest absolute Gasteiger partial charge is 0.340 e. The zero-order valence-electron chi connectivity index (χ0n) is 17.3. The van der Waals surface area contributed by atoms with E-state index in [1.54, 1.807) is 9.58 Å². The summed E-state index contributed by atoms with van der Waals surface area (Å²) in [5.74, 6) is -0.866. The molecule has 0 unspecified atom stereocenters. The van der Waals surface area contributed by atoms with E-state index < -0.39 is 15.6 Å². The summed E-state index contributed by atoms with van der Waals surface area (Å²) in [7, 11) is -1.81. The summed E-state index contributed by atoms with van der Waals surface area (Å²) in [6.45, 7) is 5.12. The van der Waals surface area contributed by atoms with E-state index in [0.717, 1.165) is 35.2 Å². The number of rotatable bonds is 6. The third-order valence-corrected chi connectivity index (χ3v) is 6.86. The summed E-state index contributed by atoms with van der Waals surface area (Å²) in [4.78, 5) is 16.5. The average Bonchev–Trinajstić information content (AvgIpc) is 2.88. The SMILES string of the molecule is Cc1nn(C)c(Cl)c1CN1CCCN(C(=O)CS(=O)(=O)/C=C/c2ccccc2)CC1. The van der Waals surface area contributed by atoms with Crippen molar-refractivity contribution in [3.8, 4) is 0 Å². The Bertz CT molecular complexity index is 1020. The van der Waals surface area contributed by atoms with Crippen molar-refractivity contribution in [2.45, 2.75) is 19.9 Å². The smallest absolute Gasteiger partial charge is 0.238 e. The molecule has 1 aliphatic rings. The van der Waals surface area contributed by atoms with E-state index in [-0.39, 0.29) is 5.91 Å². The lowest BCUT2D eigenvalue weighted by Gasteiger charge is -2.22. The molecule has 0 N–H and O–H groups in total. The second-order valence-corrected chi connectivity index (χ2v) is 9.75. The molecule has 30 heavy (non-hydrogen) atoms. The lowest BCUT2D eigenvalue weighted by Crippen LogP contribution is -2.38. The van der Waals surface area contributed by atoms with Gasteiger partial charge in [0.05, 0.1) is 5.69 Å². The molecule has 2 heterocycles. The number of halogens is 1. The van der Waals surface area contributed by atoms with Gasteiger partial charge < -0.3 is 4.90 Å². The van der Waals surface area contributed by atoms with Gasteiger partial charge in [0.15, 0.2) is 9.84 Å². The molecule has 162 valence electrons. The van der Waals surface area contributed by atoms with Gasteiger partial charge in [0, 0.05) is 50.7 Å². The first-order chi connectivity index (χ1) is 14.2. The first kappa shape index (κ1) is 22.5. The molecule has 0 atom stereocenters. The fourth-order valence-corrected chi connectivity index (χ4v) is 4.74. The van der Waals surface area contributed by atoms with Crippen molar-refractivity contribution >= 4 is 33.4 Å². The number of benzene rings is 1. The maximum absolute atomic E-state index is 12.6. The van der Waals surface area contributed by atoms with Crippen LogP contribution in [0.15, 0.2) is 35.7 Å². The number of carbonyl (C=O) groups excluding carboxylic acids is 1. The predicted octanol–water partition coefficient (Wildman–Crippen LogP) is 2.50. The molecule has 0 bridgehead atoms. The minimum atomic E-state index is -3.62. The van der Waals surface area contributed by atoms with Gasteiger partial charge in [-0.3, -0.25) is 14.4 Å². The molecule has 1 fully saturated rings. The van der Waals surface area contributed by atoms with Crippen LogP contribution in [0.25, 0.3) is 6.08 Å². The number of nitrogens with zero attached hydrogens (tertiary/aromatic N) is 4. The van der Waals surface area contributed by atoms with Crippen molar-refractivity contribution in [1.29, 1.82) is 0 Å². The van der Waals surface area contributed by atoms with Gasteiger partial charge in [-0.05, 0) is 25.0 Å². The molecule has 1 aromatic heterocycles. The first-order valence-electron chi connectivity index (χ1n) is 9.89. The summed E-state index contributed by atoms with van der Waals surface area (Å²) in [6, 6.07) is 9.16. The molecule has 9 heteroatoms. The first-order valence-corrected chi connectivity index (χ1v) is 12.0. The molecular weight excluding hydrogens is 424 g/mol. The normalized spacial score (nSPS) is 16.2. The monoisotopic (exact) mass is 450 g/mol. The Morgan fingerprint density at radius 3 is 2.57 bits per heavy atom. The molecule has 2 aromatic rings. The molecule has 0 aliphatic carbocycles. The second kappa shape index (κ2) is 9.76. The lowest BCUT2D eigenvalue weighted by molar-refractivity contribution is -0.128. The van der Waals surface area contributed by atoms with Gasteiger partial charge in [0.2, 0.25) is 5.91 Å². The number of sulfone groups is 1. The van der Waals surface area contributed by atoms with Crippen molar-refractivity contribution < 1.29 is 13.2 Å². The van der Waals surface area contributed by atoms with E-state index in [9.17, 15) is 13.2 Å². The topological polar surface area (TPSA) is 75.5 Å². The Balaban J connectivity index is 1.56. The van der Waals surface area contributed by atoms with Crippen LogP contribution in [0.5, 0.6) is 0 Å². The minimum absolute atomic E-state index is 0.356. The van der Waals surface area contributed by atoms with Gasteiger partial charge in [-0.25, -0.2) is 8.42 Å². The zero-order chi connectivity index (χ0) is 21.7. The van der Waals surface area contributed by atoms with Gasteiger partial charge in [0.1, 0.15) is 10.9 Å². The average molecular weight is 451 g/mol. The van der Waals surface area contributed by atoms with Crippen LogP contribution in [0.2, 0.25) is 5.15 Å². The maximum atomic E-state index is 12.6.